The summed E-state index contributed by atoms with van der Waals surface area (Å²) in [7, 11) is 0. The van der Waals surface area contributed by atoms with Crippen LogP contribution < -0.4 is 10.6 Å². The number of fused-ring (bicyclic) bond motifs is 2. The van der Waals surface area contributed by atoms with Crippen molar-refractivity contribution in [3.8, 4) is 11.4 Å². The molecule has 0 spiro atoms. The molecule has 0 radical (unpaired) electrons. The zero-order valence-corrected chi connectivity index (χ0v) is 15.3. The number of nitrogens with one attached hydrogen (secondary N) is 3. The van der Waals surface area contributed by atoms with Crippen LogP contribution in [0.1, 0.15) is 10.4 Å². The van der Waals surface area contributed by atoms with Crippen molar-refractivity contribution in [3.05, 3.63) is 60.3 Å². The molecule has 0 unspecified atom stereocenters. The van der Waals surface area contributed by atoms with Crippen molar-refractivity contribution in [2.24, 2.45) is 0 Å². The number of rotatable bonds is 7. The van der Waals surface area contributed by atoms with Gasteiger partial charge >= 0.3 is 0 Å². The van der Waals surface area contributed by atoms with E-state index in [2.05, 4.69) is 25.6 Å². The van der Waals surface area contributed by atoms with Crippen molar-refractivity contribution in [2.75, 3.05) is 26.2 Å². The van der Waals surface area contributed by atoms with Crippen LogP contribution in [0.3, 0.4) is 0 Å². The first kappa shape index (κ1) is 18.1. The van der Waals surface area contributed by atoms with Crippen molar-refractivity contribution in [1.29, 1.82) is 0 Å². The van der Waals surface area contributed by atoms with Gasteiger partial charge in [-0.25, -0.2) is 4.98 Å². The van der Waals surface area contributed by atoms with E-state index >= 15 is 0 Å². The third-order valence-electron chi connectivity index (χ3n) is 4.49. The summed E-state index contributed by atoms with van der Waals surface area (Å²) in [6, 6.07) is 15.4. The summed E-state index contributed by atoms with van der Waals surface area (Å²) in [6.45, 7) is 1.62. The highest BCUT2D eigenvalue weighted by molar-refractivity contribution is 6.07. The van der Waals surface area contributed by atoms with Gasteiger partial charge in [0.05, 0.1) is 28.7 Å². The number of aliphatic hydroxyl groups is 1. The van der Waals surface area contributed by atoms with E-state index in [1.165, 1.54) is 0 Å². The Morgan fingerprint density at radius 1 is 1.07 bits per heavy atom. The summed E-state index contributed by atoms with van der Waals surface area (Å²) in [4.78, 5) is 25.1. The standard InChI is InChI=1S/C21H21N5O2/c27-11-10-22-8-9-24-21(28)16-13-15(12-14-4-3-7-23-19(14)16)20-25-17-5-1-2-6-18(17)26-20/h1-7,12-13,22,27H,8-11H2,(H,24,28)(H,25,26). The van der Waals surface area contributed by atoms with Crippen LogP contribution in [0.25, 0.3) is 33.3 Å². The minimum absolute atomic E-state index is 0.0715. The lowest BCUT2D eigenvalue weighted by molar-refractivity contribution is 0.0955. The molecule has 7 nitrogen and oxygen atoms in total. The molecule has 2 aromatic heterocycles. The maximum absolute atomic E-state index is 12.8. The molecule has 0 atom stereocenters. The predicted octanol–water partition coefficient (Wildman–Crippen LogP) is 2.09. The normalized spacial score (nSPS) is 11.2. The molecule has 2 heterocycles. The maximum atomic E-state index is 12.8. The molecule has 0 aliphatic rings. The Hall–Kier alpha value is -3.29. The lowest BCUT2D eigenvalue weighted by atomic mass is 10.0. The summed E-state index contributed by atoms with van der Waals surface area (Å²) in [5.41, 5.74) is 3.83. The topological polar surface area (TPSA) is 103 Å². The number of carbonyl (C=O) groups excluding carboxylic acids is 1. The fraction of sp³-hybridized carbons (Fsp3) is 0.190. The van der Waals surface area contributed by atoms with Crippen molar-refractivity contribution < 1.29 is 9.90 Å². The fourth-order valence-electron chi connectivity index (χ4n) is 3.16. The highest BCUT2D eigenvalue weighted by Gasteiger charge is 2.15. The number of amides is 1. The molecule has 0 saturated carbocycles. The average Bonchev–Trinajstić information content (AvgIpc) is 3.17. The van der Waals surface area contributed by atoms with Crippen molar-refractivity contribution >= 4 is 27.8 Å². The number of aromatic nitrogens is 3. The number of pyridine rings is 1. The van der Waals surface area contributed by atoms with E-state index in [4.69, 9.17) is 5.11 Å². The van der Waals surface area contributed by atoms with Crippen molar-refractivity contribution in [3.63, 3.8) is 0 Å². The van der Waals surface area contributed by atoms with E-state index in [0.29, 0.717) is 36.5 Å². The quantitative estimate of drug-likeness (QED) is 0.371. The zero-order chi connectivity index (χ0) is 19.3. The van der Waals surface area contributed by atoms with Gasteiger partial charge in [0.1, 0.15) is 5.82 Å². The van der Waals surface area contributed by atoms with Gasteiger partial charge in [0.25, 0.3) is 5.91 Å². The summed E-state index contributed by atoms with van der Waals surface area (Å²) < 4.78 is 0. The summed E-state index contributed by atoms with van der Waals surface area (Å²) in [5, 5.41) is 15.6. The number of benzene rings is 2. The highest BCUT2D eigenvalue weighted by atomic mass is 16.3. The van der Waals surface area contributed by atoms with Crippen LogP contribution in [-0.4, -0.2) is 52.2 Å². The SMILES string of the molecule is O=C(NCCNCCO)c1cc(-c2nc3ccccc3[nH]2)cc2cccnc12. The Bertz CT molecular complexity index is 1090. The third kappa shape index (κ3) is 3.71. The summed E-state index contributed by atoms with van der Waals surface area (Å²) in [6.07, 6.45) is 1.68. The van der Waals surface area contributed by atoms with Gasteiger partial charge < -0.3 is 20.7 Å². The number of aliphatic hydroxyl groups excluding tert-OH is 1. The molecular formula is C21H21N5O2. The molecule has 1 amide bonds. The van der Waals surface area contributed by atoms with Gasteiger partial charge in [0, 0.05) is 36.8 Å². The van der Waals surface area contributed by atoms with E-state index in [-0.39, 0.29) is 12.5 Å². The molecule has 0 aliphatic carbocycles. The first-order valence-electron chi connectivity index (χ1n) is 9.20. The van der Waals surface area contributed by atoms with Crippen LogP contribution in [0, 0.1) is 0 Å². The zero-order valence-electron chi connectivity index (χ0n) is 15.3. The van der Waals surface area contributed by atoms with E-state index < -0.39 is 0 Å². The van der Waals surface area contributed by atoms with Crippen LogP contribution in [0.15, 0.2) is 54.7 Å². The highest BCUT2D eigenvalue weighted by Crippen LogP contribution is 2.26. The smallest absolute Gasteiger partial charge is 0.253 e. The van der Waals surface area contributed by atoms with E-state index in [0.717, 1.165) is 22.0 Å². The average molecular weight is 375 g/mol. The largest absolute Gasteiger partial charge is 0.395 e. The first-order valence-corrected chi connectivity index (χ1v) is 9.20. The van der Waals surface area contributed by atoms with Crippen molar-refractivity contribution in [2.45, 2.75) is 0 Å². The van der Waals surface area contributed by atoms with Gasteiger partial charge in [-0.05, 0) is 30.3 Å². The number of hydrogen-bond donors (Lipinski definition) is 4. The second-order valence-corrected chi connectivity index (χ2v) is 6.43. The maximum Gasteiger partial charge on any atom is 0.253 e. The van der Waals surface area contributed by atoms with E-state index in [1.807, 2.05) is 48.5 Å². The van der Waals surface area contributed by atoms with Gasteiger partial charge in [-0.3, -0.25) is 9.78 Å². The minimum atomic E-state index is -0.188. The fourth-order valence-corrected chi connectivity index (χ4v) is 3.16. The third-order valence-corrected chi connectivity index (χ3v) is 4.49. The Morgan fingerprint density at radius 2 is 1.96 bits per heavy atom. The Morgan fingerprint density at radius 3 is 2.82 bits per heavy atom. The number of carbonyl (C=O) groups is 1. The molecular weight excluding hydrogens is 354 g/mol. The number of imidazole rings is 1. The van der Waals surface area contributed by atoms with E-state index in [1.54, 1.807) is 6.20 Å². The molecule has 142 valence electrons. The van der Waals surface area contributed by atoms with Crippen LogP contribution in [0.2, 0.25) is 0 Å². The van der Waals surface area contributed by atoms with Gasteiger partial charge in [0.2, 0.25) is 0 Å². The lowest BCUT2D eigenvalue weighted by Gasteiger charge is -2.10. The number of H-pyrrole nitrogens is 1. The molecule has 0 saturated heterocycles. The Labute approximate surface area is 161 Å². The van der Waals surface area contributed by atoms with Crippen LogP contribution in [0.4, 0.5) is 0 Å². The summed E-state index contributed by atoms with van der Waals surface area (Å²) in [5.74, 6) is 0.526. The Kier molecular flexibility index (Phi) is 5.27. The van der Waals surface area contributed by atoms with Crippen LogP contribution in [-0.2, 0) is 0 Å². The molecule has 0 fully saturated rings. The monoisotopic (exact) mass is 375 g/mol. The first-order chi connectivity index (χ1) is 13.8. The molecule has 4 N–H and O–H groups in total. The van der Waals surface area contributed by atoms with Crippen LogP contribution in [0.5, 0.6) is 0 Å². The number of hydrogen-bond acceptors (Lipinski definition) is 5. The minimum Gasteiger partial charge on any atom is -0.395 e. The molecule has 2 aromatic carbocycles. The Balaban J connectivity index is 1.68. The van der Waals surface area contributed by atoms with Gasteiger partial charge in [-0.2, -0.15) is 0 Å². The van der Waals surface area contributed by atoms with Gasteiger partial charge in [-0.15, -0.1) is 0 Å². The van der Waals surface area contributed by atoms with Gasteiger partial charge in [-0.1, -0.05) is 18.2 Å². The van der Waals surface area contributed by atoms with Crippen molar-refractivity contribution in [1.82, 2.24) is 25.6 Å². The second kappa shape index (κ2) is 8.16. The predicted molar refractivity (Wildman–Crippen MR) is 109 cm³/mol. The second-order valence-electron chi connectivity index (χ2n) is 6.43. The lowest BCUT2D eigenvalue weighted by Crippen LogP contribution is -2.33. The molecule has 7 heteroatoms. The molecule has 4 rings (SSSR count). The van der Waals surface area contributed by atoms with Crippen LogP contribution >= 0.6 is 0 Å². The van der Waals surface area contributed by atoms with E-state index in [9.17, 15) is 4.79 Å². The number of para-hydroxylation sites is 2. The molecule has 0 aliphatic heterocycles. The number of nitrogens with zero attached hydrogens (tertiary/aromatic N) is 2. The molecule has 4 aromatic rings. The van der Waals surface area contributed by atoms with Gasteiger partial charge in [0.15, 0.2) is 0 Å². The number of aromatic amines is 1. The molecule has 28 heavy (non-hydrogen) atoms. The summed E-state index contributed by atoms with van der Waals surface area (Å²) >= 11 is 0. The molecule has 0 bridgehead atoms.